The average Bonchev–Trinajstić information content (AvgIpc) is 3.65. The Hall–Kier alpha value is -4.68. The quantitative estimate of drug-likeness (QED) is 0.176. The first-order chi connectivity index (χ1) is 35.3. The van der Waals surface area contributed by atoms with Crippen LogP contribution in [0.25, 0.3) is 0 Å². The van der Waals surface area contributed by atoms with Crippen molar-refractivity contribution in [2.75, 3.05) is 39.3 Å². The molecule has 6 fully saturated rings. The number of hydrogen-bond donors (Lipinski definition) is 3. The minimum Gasteiger partial charge on any atom is -0.444 e. The summed E-state index contributed by atoms with van der Waals surface area (Å²) in [7, 11) is 0. The molecule has 7 rings (SSSR count). The van der Waals surface area contributed by atoms with E-state index < -0.39 is 33.4 Å². The Morgan fingerprint density at radius 2 is 0.947 bits per heavy atom. The second-order valence-corrected chi connectivity index (χ2v) is 26.4. The number of piperidine rings is 3. The molecule has 428 valence electrons. The number of halogens is 1. The molecule has 3 saturated heterocycles. The van der Waals surface area contributed by atoms with Gasteiger partial charge in [0.1, 0.15) is 39.3 Å². The molecule has 0 bridgehead atoms. The molecular formula is C57H94ClN9O9. The molecule has 0 aromatic carbocycles. The van der Waals surface area contributed by atoms with Gasteiger partial charge in [-0.15, -0.1) is 0 Å². The molecule has 0 unspecified atom stereocenters. The van der Waals surface area contributed by atoms with Crippen molar-refractivity contribution in [1.82, 2.24) is 25.3 Å². The summed E-state index contributed by atoms with van der Waals surface area (Å²) in [4.78, 5) is 81.7. The smallest absolute Gasteiger partial charge is 0.410 e. The monoisotopic (exact) mass is 1080 g/mol. The maximum atomic E-state index is 12.6. The molecule has 0 aromatic heterocycles. The third-order valence-electron chi connectivity index (χ3n) is 15.7. The van der Waals surface area contributed by atoms with Gasteiger partial charge in [0.05, 0.1) is 12.1 Å². The molecule has 4 N–H and O–H groups in total. The normalized spacial score (nSPS) is 27.0. The van der Waals surface area contributed by atoms with Gasteiger partial charge in [0.15, 0.2) is 0 Å². The van der Waals surface area contributed by atoms with E-state index in [-0.39, 0.29) is 47.2 Å². The van der Waals surface area contributed by atoms with Gasteiger partial charge in [-0.1, -0.05) is 33.6 Å². The minimum absolute atomic E-state index is 0.000770. The number of nitrogens with zero attached hydrogens (tertiary/aromatic N) is 6. The van der Waals surface area contributed by atoms with Crippen molar-refractivity contribution in [3.63, 3.8) is 0 Å². The van der Waals surface area contributed by atoms with Crippen LogP contribution in [-0.4, -0.2) is 129 Å². The topological polar surface area (TPSA) is 250 Å². The fourth-order valence-corrected chi connectivity index (χ4v) is 10.7. The molecule has 3 aliphatic carbocycles. The molecule has 0 aromatic rings. The van der Waals surface area contributed by atoms with Crippen LogP contribution >= 0.6 is 11.6 Å². The molecular weight excluding hydrogens is 990 g/mol. The zero-order valence-corrected chi connectivity index (χ0v) is 49.0. The Kier molecular flexibility index (Phi) is 22.9. The number of carbonyl (C=O) groups is 6. The number of hydrogen-bond acceptors (Lipinski definition) is 13. The number of nitrogens with one attached hydrogen (secondary N) is 2. The Bertz CT molecular complexity index is 2090. The zero-order valence-electron chi connectivity index (χ0n) is 48.2. The van der Waals surface area contributed by atoms with Gasteiger partial charge in [-0.05, 0) is 182 Å². The lowest BCUT2D eigenvalue weighted by Crippen LogP contribution is -2.57. The highest BCUT2D eigenvalue weighted by Crippen LogP contribution is 2.36. The highest BCUT2D eigenvalue weighted by Gasteiger charge is 2.48. The van der Waals surface area contributed by atoms with Gasteiger partial charge in [-0.25, -0.2) is 14.4 Å². The van der Waals surface area contributed by atoms with E-state index in [1.807, 2.05) is 62.3 Å². The van der Waals surface area contributed by atoms with Gasteiger partial charge < -0.3 is 45.3 Å². The number of aliphatic imine (C=N–C) groups is 1. The second kappa shape index (κ2) is 27.3. The third kappa shape index (κ3) is 20.3. The van der Waals surface area contributed by atoms with Gasteiger partial charge in [0, 0.05) is 69.9 Å². The molecule has 7 aliphatic rings. The molecule has 0 atom stereocenters. The van der Waals surface area contributed by atoms with Crippen molar-refractivity contribution in [1.29, 1.82) is 10.5 Å². The van der Waals surface area contributed by atoms with Crippen LogP contribution in [0.3, 0.4) is 0 Å². The molecule has 4 heterocycles. The van der Waals surface area contributed by atoms with Gasteiger partial charge in [-0.2, -0.15) is 10.5 Å². The Morgan fingerprint density at radius 3 is 1.30 bits per heavy atom. The molecule has 3 saturated carbocycles. The van der Waals surface area contributed by atoms with E-state index in [4.69, 9.17) is 41.8 Å². The molecule has 5 amide bonds. The maximum Gasteiger partial charge on any atom is 0.410 e. The second-order valence-electron chi connectivity index (χ2n) is 26.0. The van der Waals surface area contributed by atoms with Crippen LogP contribution in [-0.2, 0) is 28.6 Å². The van der Waals surface area contributed by atoms with Crippen molar-refractivity contribution in [3.8, 4) is 12.1 Å². The number of amidine groups is 1. The summed E-state index contributed by atoms with van der Waals surface area (Å²) < 4.78 is 16.1. The van der Waals surface area contributed by atoms with E-state index >= 15 is 0 Å². The number of amides is 5. The summed E-state index contributed by atoms with van der Waals surface area (Å²) in [6, 6.07) is 4.38. The first-order valence-electron chi connectivity index (χ1n) is 28.3. The van der Waals surface area contributed by atoms with Crippen molar-refractivity contribution in [2.45, 2.75) is 232 Å². The van der Waals surface area contributed by atoms with Crippen molar-refractivity contribution >= 4 is 52.8 Å². The number of ether oxygens (including phenoxy) is 3. The van der Waals surface area contributed by atoms with E-state index in [2.05, 4.69) is 43.5 Å². The predicted octanol–water partition coefficient (Wildman–Crippen LogP) is 10.1. The standard InChI is InChI=1S/2C19H31N3O3.C11H19N3O2.C8H13ClO/c1-13-5-7-14(8-6-13)15-20-16(23)19(21-15)9-11-22(12-10-19)17(24)25-18(2,3)4;1-14-5-7-15(8-6-14)16(23)21-19(13-20)9-11-22(12-10-19)17(24)25-18(2,3)4;1-10(2,3)16-9(15)14-6-4-11(13,8-12)5-7-14;1-6-2-4-7(5-3-6)8(9)10/h13-14H,5-12H2,1-4H3,(H,20,21,23);14-15H,5-12H2,1-4H3,(H,21,23);4-7,13H2,1-3H3;6-7H,2-5H2,1H3. The lowest BCUT2D eigenvalue weighted by atomic mass is 9.81. The van der Waals surface area contributed by atoms with Crippen LogP contribution in [0.2, 0.25) is 0 Å². The first-order valence-corrected chi connectivity index (χ1v) is 28.6. The van der Waals surface area contributed by atoms with Gasteiger partial charge >= 0.3 is 18.3 Å². The van der Waals surface area contributed by atoms with E-state index in [0.29, 0.717) is 89.6 Å². The van der Waals surface area contributed by atoms with Crippen LogP contribution < -0.4 is 16.4 Å². The lowest BCUT2D eigenvalue weighted by molar-refractivity contribution is -0.128. The molecule has 18 nitrogen and oxygen atoms in total. The Morgan fingerprint density at radius 1 is 0.592 bits per heavy atom. The minimum atomic E-state index is -0.862. The molecule has 19 heteroatoms. The fraction of sp³-hybridized carbons (Fsp3) is 0.842. The number of nitrogens with two attached hydrogens (primary N) is 1. The van der Waals surface area contributed by atoms with E-state index in [1.54, 1.807) is 14.7 Å². The Balaban J connectivity index is 0.000000230. The highest BCUT2D eigenvalue weighted by molar-refractivity contribution is 6.64. The highest BCUT2D eigenvalue weighted by atomic mass is 35.5. The number of nitriles is 2. The number of rotatable bonds is 4. The summed E-state index contributed by atoms with van der Waals surface area (Å²) in [6.45, 7) is 26.2. The average molecular weight is 1080 g/mol. The van der Waals surface area contributed by atoms with Gasteiger partial charge in [0.25, 0.3) is 5.91 Å². The molecule has 0 radical (unpaired) electrons. The SMILES string of the molecule is CC(C)(C)OC(=O)N1CCC(N)(C#N)CC1.CC1CCC(C(=O)Cl)CC1.CC1CCC(C(=O)NC2(C#N)CCN(C(=O)OC(C)(C)C)CC2)CC1.CC1CCC(C2=NC3(CCN(C(=O)OC(C)(C)C)CC3)C(=O)N2)CC1. The number of carbonyl (C=O) groups excluding carboxylic acids is 6. The lowest BCUT2D eigenvalue weighted by Gasteiger charge is -2.39. The summed E-state index contributed by atoms with van der Waals surface area (Å²) in [6.07, 6.45) is 15.0. The summed E-state index contributed by atoms with van der Waals surface area (Å²) >= 11 is 5.37. The van der Waals surface area contributed by atoms with Crippen molar-refractivity contribution < 1.29 is 43.0 Å². The van der Waals surface area contributed by atoms with Crippen molar-refractivity contribution in [3.05, 3.63) is 0 Å². The van der Waals surface area contributed by atoms with E-state index in [0.717, 1.165) is 69.0 Å². The van der Waals surface area contributed by atoms with E-state index in [9.17, 15) is 34.0 Å². The van der Waals surface area contributed by atoms with Crippen LogP contribution in [0.15, 0.2) is 4.99 Å². The first kappa shape index (κ1) is 63.8. The third-order valence-corrected chi connectivity index (χ3v) is 16.1. The van der Waals surface area contributed by atoms with Crippen molar-refractivity contribution in [2.24, 2.45) is 46.2 Å². The number of likely N-dealkylation sites (tertiary alicyclic amines) is 3. The van der Waals surface area contributed by atoms with Crippen LogP contribution in [0.4, 0.5) is 14.4 Å². The Labute approximate surface area is 459 Å². The summed E-state index contributed by atoms with van der Waals surface area (Å²) in [5.74, 6) is 3.75. The van der Waals surface area contributed by atoms with E-state index in [1.165, 1.54) is 25.7 Å². The largest absolute Gasteiger partial charge is 0.444 e. The maximum absolute atomic E-state index is 12.6. The fourth-order valence-electron chi connectivity index (χ4n) is 10.5. The summed E-state index contributed by atoms with van der Waals surface area (Å²) in [5, 5.41) is 24.4. The molecule has 4 aliphatic heterocycles. The predicted molar refractivity (Wildman–Crippen MR) is 293 cm³/mol. The molecule has 76 heavy (non-hydrogen) atoms. The van der Waals surface area contributed by atoms with Gasteiger partial charge in [0.2, 0.25) is 11.1 Å². The zero-order chi connectivity index (χ0) is 56.9. The van der Waals surface area contributed by atoms with Crippen LogP contribution in [0, 0.1) is 58.2 Å². The van der Waals surface area contributed by atoms with Crippen LogP contribution in [0.1, 0.15) is 199 Å². The molecule has 1 spiro atoms. The van der Waals surface area contributed by atoms with Crippen LogP contribution in [0.5, 0.6) is 0 Å². The van der Waals surface area contributed by atoms with Gasteiger partial charge in [-0.3, -0.25) is 19.4 Å². The summed E-state index contributed by atoms with van der Waals surface area (Å²) in [5.41, 5.74) is 1.98.